The van der Waals surface area contributed by atoms with Crippen molar-refractivity contribution in [1.82, 2.24) is 20.4 Å². The highest BCUT2D eigenvalue weighted by Crippen LogP contribution is 2.24. The Labute approximate surface area is 153 Å². The first-order valence-corrected chi connectivity index (χ1v) is 9.06. The van der Waals surface area contributed by atoms with E-state index in [1.54, 1.807) is 4.68 Å². The van der Waals surface area contributed by atoms with Crippen molar-refractivity contribution in [3.63, 3.8) is 0 Å². The largest absolute Gasteiger partial charge is 0.383 e. The van der Waals surface area contributed by atoms with Crippen LogP contribution in [0.15, 0.2) is 36.5 Å². The van der Waals surface area contributed by atoms with E-state index in [1.165, 1.54) is 6.20 Å². The van der Waals surface area contributed by atoms with Crippen molar-refractivity contribution in [3.8, 4) is 0 Å². The van der Waals surface area contributed by atoms with Crippen LogP contribution in [0, 0.1) is 5.92 Å². The average molecular weight is 355 g/mol. The predicted molar refractivity (Wildman–Crippen MR) is 99.5 cm³/mol. The number of carbonyl (C=O) groups is 2. The van der Waals surface area contributed by atoms with E-state index in [0.717, 1.165) is 31.2 Å². The molecule has 1 heterocycles. The number of aromatic nitrogens is 2. The molecule has 2 aromatic rings. The Morgan fingerprint density at radius 3 is 2.54 bits per heavy atom. The van der Waals surface area contributed by atoms with Crippen molar-refractivity contribution >= 4 is 17.6 Å². The molecular formula is C19H25N5O2. The molecule has 1 aromatic heterocycles. The molecular weight excluding hydrogens is 330 g/mol. The lowest BCUT2D eigenvalue weighted by atomic mass is 10.1. The summed E-state index contributed by atoms with van der Waals surface area (Å²) in [6, 6.07) is 9.80. The third-order valence-electron chi connectivity index (χ3n) is 4.74. The van der Waals surface area contributed by atoms with Gasteiger partial charge in [0.2, 0.25) is 5.91 Å². The summed E-state index contributed by atoms with van der Waals surface area (Å²) in [5.41, 5.74) is 7.47. The van der Waals surface area contributed by atoms with E-state index in [9.17, 15) is 9.59 Å². The number of hydrogen-bond donors (Lipinski definition) is 3. The van der Waals surface area contributed by atoms with E-state index in [-0.39, 0.29) is 17.7 Å². The molecule has 0 atom stereocenters. The van der Waals surface area contributed by atoms with Crippen LogP contribution >= 0.6 is 0 Å². The Morgan fingerprint density at radius 1 is 1.12 bits per heavy atom. The molecule has 0 radical (unpaired) electrons. The van der Waals surface area contributed by atoms with Crippen molar-refractivity contribution in [3.05, 3.63) is 47.7 Å². The molecule has 0 aliphatic heterocycles. The highest BCUT2D eigenvalue weighted by Gasteiger charge is 2.22. The topological polar surface area (TPSA) is 102 Å². The first-order valence-electron chi connectivity index (χ1n) is 9.06. The smallest absolute Gasteiger partial charge is 0.256 e. The predicted octanol–water partition coefficient (Wildman–Crippen LogP) is 1.55. The van der Waals surface area contributed by atoms with Gasteiger partial charge >= 0.3 is 0 Å². The number of nitrogen functional groups attached to an aromatic ring is 1. The van der Waals surface area contributed by atoms with E-state index in [0.29, 0.717) is 31.0 Å². The lowest BCUT2D eigenvalue weighted by molar-refractivity contribution is -0.124. The third kappa shape index (κ3) is 4.41. The van der Waals surface area contributed by atoms with Gasteiger partial charge in [-0.15, -0.1) is 0 Å². The lowest BCUT2D eigenvalue weighted by Gasteiger charge is -2.11. The van der Waals surface area contributed by atoms with E-state index >= 15 is 0 Å². The fourth-order valence-corrected chi connectivity index (χ4v) is 3.24. The lowest BCUT2D eigenvalue weighted by Crippen LogP contribution is -2.37. The van der Waals surface area contributed by atoms with Gasteiger partial charge in [0.25, 0.3) is 5.91 Å². The maximum Gasteiger partial charge on any atom is 0.256 e. The van der Waals surface area contributed by atoms with Crippen LogP contribution < -0.4 is 16.4 Å². The number of carbonyl (C=O) groups excluding carboxylic acids is 2. The molecule has 138 valence electrons. The summed E-state index contributed by atoms with van der Waals surface area (Å²) >= 11 is 0. The quantitative estimate of drug-likeness (QED) is 0.656. The second-order valence-electron chi connectivity index (χ2n) is 6.62. The second kappa shape index (κ2) is 8.51. The molecule has 4 N–H and O–H groups in total. The SMILES string of the molecule is Nc1c(C(=O)NCCNC(=O)C2CCCC2)cnn1Cc1ccccc1. The fraction of sp³-hybridized carbons (Fsp3) is 0.421. The fourth-order valence-electron chi connectivity index (χ4n) is 3.24. The first kappa shape index (κ1) is 18.0. The molecule has 26 heavy (non-hydrogen) atoms. The van der Waals surface area contributed by atoms with Crippen LogP contribution in [0.4, 0.5) is 5.82 Å². The Bertz CT molecular complexity index is 751. The standard InChI is InChI=1S/C19H25N5O2/c20-17-16(12-23-24(17)13-14-6-2-1-3-7-14)19(26)22-11-10-21-18(25)15-8-4-5-9-15/h1-3,6-7,12,15H,4-5,8-11,13,20H2,(H,21,25)(H,22,26). The molecule has 1 aliphatic carbocycles. The van der Waals surface area contributed by atoms with Gasteiger partial charge in [-0.25, -0.2) is 4.68 Å². The Balaban J connectivity index is 1.46. The van der Waals surface area contributed by atoms with Gasteiger partial charge in [0, 0.05) is 19.0 Å². The molecule has 1 fully saturated rings. The number of amides is 2. The van der Waals surface area contributed by atoms with Crippen LogP contribution in [-0.4, -0.2) is 34.7 Å². The van der Waals surface area contributed by atoms with Crippen molar-refractivity contribution in [2.75, 3.05) is 18.8 Å². The minimum absolute atomic E-state index is 0.0898. The number of nitrogens with two attached hydrogens (primary N) is 1. The van der Waals surface area contributed by atoms with Crippen LogP contribution in [-0.2, 0) is 11.3 Å². The van der Waals surface area contributed by atoms with Gasteiger partial charge in [-0.05, 0) is 18.4 Å². The van der Waals surface area contributed by atoms with Crippen LogP contribution in [0.5, 0.6) is 0 Å². The Kier molecular flexibility index (Phi) is 5.88. The summed E-state index contributed by atoms with van der Waals surface area (Å²) < 4.78 is 1.60. The van der Waals surface area contributed by atoms with E-state index in [2.05, 4.69) is 15.7 Å². The highest BCUT2D eigenvalue weighted by molar-refractivity contribution is 5.98. The van der Waals surface area contributed by atoms with Gasteiger partial charge in [0.15, 0.2) is 0 Å². The molecule has 0 saturated heterocycles. The van der Waals surface area contributed by atoms with Crippen molar-refractivity contribution in [1.29, 1.82) is 0 Å². The zero-order chi connectivity index (χ0) is 18.4. The summed E-state index contributed by atoms with van der Waals surface area (Å²) in [6.45, 7) is 1.29. The Hall–Kier alpha value is -2.83. The number of anilines is 1. The van der Waals surface area contributed by atoms with Crippen LogP contribution in [0.1, 0.15) is 41.6 Å². The van der Waals surface area contributed by atoms with Crippen LogP contribution in [0.2, 0.25) is 0 Å². The van der Waals surface area contributed by atoms with Crippen molar-refractivity contribution in [2.24, 2.45) is 5.92 Å². The molecule has 0 unspecified atom stereocenters. The monoisotopic (exact) mass is 355 g/mol. The highest BCUT2D eigenvalue weighted by atomic mass is 16.2. The van der Waals surface area contributed by atoms with Crippen LogP contribution in [0.3, 0.4) is 0 Å². The number of nitrogens with one attached hydrogen (secondary N) is 2. The van der Waals surface area contributed by atoms with Gasteiger partial charge in [-0.1, -0.05) is 43.2 Å². The van der Waals surface area contributed by atoms with Gasteiger partial charge in [0.1, 0.15) is 11.4 Å². The molecule has 0 bridgehead atoms. The third-order valence-corrected chi connectivity index (χ3v) is 4.74. The average Bonchev–Trinajstić information content (AvgIpc) is 3.30. The molecule has 0 spiro atoms. The maximum absolute atomic E-state index is 12.3. The minimum atomic E-state index is -0.281. The molecule has 1 aromatic carbocycles. The number of hydrogen-bond acceptors (Lipinski definition) is 4. The second-order valence-corrected chi connectivity index (χ2v) is 6.62. The summed E-state index contributed by atoms with van der Waals surface area (Å²) in [7, 11) is 0. The normalized spacial score (nSPS) is 14.3. The number of nitrogens with zero attached hydrogens (tertiary/aromatic N) is 2. The summed E-state index contributed by atoms with van der Waals surface area (Å²) in [5, 5.41) is 9.86. The zero-order valence-corrected chi connectivity index (χ0v) is 14.8. The molecule has 1 aliphatic rings. The summed E-state index contributed by atoms with van der Waals surface area (Å²) in [4.78, 5) is 24.2. The molecule has 7 nitrogen and oxygen atoms in total. The molecule has 1 saturated carbocycles. The van der Waals surface area contributed by atoms with E-state index < -0.39 is 0 Å². The number of rotatable bonds is 7. The number of benzene rings is 1. The van der Waals surface area contributed by atoms with Crippen molar-refractivity contribution in [2.45, 2.75) is 32.2 Å². The molecule has 2 amide bonds. The molecule has 3 rings (SSSR count). The van der Waals surface area contributed by atoms with E-state index in [4.69, 9.17) is 5.73 Å². The first-order chi connectivity index (χ1) is 12.6. The Morgan fingerprint density at radius 2 is 1.81 bits per heavy atom. The van der Waals surface area contributed by atoms with Crippen molar-refractivity contribution < 1.29 is 9.59 Å². The van der Waals surface area contributed by atoms with E-state index in [1.807, 2.05) is 30.3 Å². The van der Waals surface area contributed by atoms with Gasteiger partial charge in [0.05, 0.1) is 12.7 Å². The van der Waals surface area contributed by atoms with Gasteiger partial charge in [-0.3, -0.25) is 9.59 Å². The zero-order valence-electron chi connectivity index (χ0n) is 14.8. The maximum atomic E-state index is 12.3. The summed E-state index contributed by atoms with van der Waals surface area (Å²) in [5.74, 6) is 0.280. The minimum Gasteiger partial charge on any atom is -0.383 e. The van der Waals surface area contributed by atoms with Crippen LogP contribution in [0.25, 0.3) is 0 Å². The molecule has 7 heteroatoms. The van der Waals surface area contributed by atoms with Gasteiger partial charge < -0.3 is 16.4 Å². The summed E-state index contributed by atoms with van der Waals surface area (Å²) in [6.07, 6.45) is 5.66. The van der Waals surface area contributed by atoms with Gasteiger partial charge in [-0.2, -0.15) is 5.10 Å².